The van der Waals surface area contributed by atoms with Gasteiger partial charge >= 0.3 is 6.18 Å². The second-order valence-corrected chi connectivity index (χ2v) is 10.9. The molecule has 1 saturated carbocycles. The van der Waals surface area contributed by atoms with Crippen LogP contribution < -0.4 is 0 Å². The van der Waals surface area contributed by atoms with E-state index < -0.39 is 23.4 Å². The van der Waals surface area contributed by atoms with Gasteiger partial charge in [0.2, 0.25) is 0 Å². The summed E-state index contributed by atoms with van der Waals surface area (Å²) in [6, 6.07) is 5.47. The summed E-state index contributed by atoms with van der Waals surface area (Å²) in [6.07, 6.45) is -3.53. The zero-order valence-electron chi connectivity index (χ0n) is 21.7. The zero-order valence-corrected chi connectivity index (χ0v) is 21.7. The highest BCUT2D eigenvalue weighted by atomic mass is 19.4. The van der Waals surface area contributed by atoms with Gasteiger partial charge in [-0.2, -0.15) is 13.2 Å². The molecule has 0 bridgehead atoms. The lowest BCUT2D eigenvalue weighted by Gasteiger charge is -2.32. The first-order chi connectivity index (χ1) is 15.9. The molecule has 194 valence electrons. The molecule has 3 nitrogen and oxygen atoms in total. The molecule has 2 fully saturated rings. The number of alkyl halides is 5. The van der Waals surface area contributed by atoms with E-state index in [1.807, 2.05) is 19.1 Å². The summed E-state index contributed by atoms with van der Waals surface area (Å²) in [5, 5.41) is 0. The number of hydrogen-bond donors (Lipinski definition) is 0. The van der Waals surface area contributed by atoms with E-state index in [0.717, 1.165) is 24.5 Å². The van der Waals surface area contributed by atoms with E-state index in [9.17, 15) is 22.0 Å². The van der Waals surface area contributed by atoms with Gasteiger partial charge in [-0.1, -0.05) is 31.2 Å². The highest BCUT2D eigenvalue weighted by Gasteiger charge is 2.63. The van der Waals surface area contributed by atoms with Crippen molar-refractivity contribution in [3.63, 3.8) is 0 Å². The molecule has 3 rings (SSSR count). The van der Waals surface area contributed by atoms with Crippen LogP contribution in [0.2, 0.25) is 0 Å². The van der Waals surface area contributed by atoms with E-state index in [1.165, 1.54) is 20.8 Å². The molecule has 1 saturated heterocycles. The van der Waals surface area contributed by atoms with Crippen molar-refractivity contribution in [3.05, 3.63) is 41.5 Å². The molecule has 1 aromatic rings. The fourth-order valence-electron chi connectivity index (χ4n) is 4.79. The van der Waals surface area contributed by atoms with Crippen LogP contribution in [0, 0.1) is 29.6 Å². The number of hydrogen-bond acceptors (Lipinski definition) is 2. The van der Waals surface area contributed by atoms with Crippen molar-refractivity contribution in [2.24, 2.45) is 32.7 Å². The molecule has 3 unspecified atom stereocenters. The van der Waals surface area contributed by atoms with Gasteiger partial charge in [0.15, 0.2) is 0 Å². The zero-order chi connectivity index (χ0) is 26.6. The maximum Gasteiger partial charge on any atom is 0.391 e. The summed E-state index contributed by atoms with van der Waals surface area (Å²) in [7, 11) is 1.63. The number of nitrogens with zero attached hydrogens (tertiary/aromatic N) is 3. The van der Waals surface area contributed by atoms with Gasteiger partial charge in [0.05, 0.1) is 16.7 Å². The number of fused-ring (bicyclic) bond motifs is 1. The van der Waals surface area contributed by atoms with Crippen molar-refractivity contribution >= 4 is 17.2 Å². The van der Waals surface area contributed by atoms with Crippen LogP contribution in [0.1, 0.15) is 57.7 Å². The minimum absolute atomic E-state index is 0.119. The lowest BCUT2D eigenvalue weighted by atomic mass is 9.82. The smallest absolute Gasteiger partial charge is 0.370 e. The minimum Gasteiger partial charge on any atom is -0.370 e. The number of rotatable bonds is 7. The third-order valence-electron chi connectivity index (χ3n) is 8.12. The van der Waals surface area contributed by atoms with Crippen LogP contribution in [0.5, 0.6) is 0 Å². The average molecular weight is 498 g/mol. The summed E-state index contributed by atoms with van der Waals surface area (Å²) in [6.45, 7) is 14.1. The van der Waals surface area contributed by atoms with E-state index in [1.54, 1.807) is 20.0 Å². The number of likely N-dealkylation sites (tertiary alicyclic amines) is 1. The van der Waals surface area contributed by atoms with Crippen LogP contribution in [0.15, 0.2) is 34.8 Å². The van der Waals surface area contributed by atoms with Gasteiger partial charge in [-0.15, -0.1) is 0 Å². The lowest BCUT2D eigenvalue weighted by molar-refractivity contribution is -0.169. The highest BCUT2D eigenvalue weighted by molar-refractivity contribution is 6.04. The third-order valence-corrected chi connectivity index (χ3v) is 8.12. The molecule has 1 aromatic carbocycles. The van der Waals surface area contributed by atoms with Crippen LogP contribution >= 0.6 is 0 Å². The van der Waals surface area contributed by atoms with Crippen LogP contribution in [-0.2, 0) is 6.42 Å². The van der Waals surface area contributed by atoms with E-state index in [4.69, 9.17) is 0 Å². The number of aryl methyl sites for hydroxylation is 1. The lowest BCUT2D eigenvalue weighted by Crippen LogP contribution is -2.40. The molecular formula is C27H36F5N3. The van der Waals surface area contributed by atoms with Gasteiger partial charge in [-0.25, -0.2) is 13.8 Å². The van der Waals surface area contributed by atoms with Gasteiger partial charge in [-0.05, 0) is 58.1 Å². The second-order valence-electron chi connectivity index (χ2n) is 10.9. The van der Waals surface area contributed by atoms with Crippen molar-refractivity contribution in [1.29, 1.82) is 0 Å². The third kappa shape index (κ3) is 5.17. The Hall–Kier alpha value is -2.25. The Kier molecular flexibility index (Phi) is 7.03. The van der Waals surface area contributed by atoms with Crippen LogP contribution in [0.4, 0.5) is 22.0 Å². The van der Waals surface area contributed by atoms with Crippen molar-refractivity contribution in [2.45, 2.75) is 66.5 Å². The number of halogens is 5. The molecule has 2 aliphatic rings. The van der Waals surface area contributed by atoms with Crippen molar-refractivity contribution in [2.75, 3.05) is 20.1 Å². The topological polar surface area (TPSA) is 28.0 Å². The first-order valence-corrected chi connectivity index (χ1v) is 12.0. The summed E-state index contributed by atoms with van der Waals surface area (Å²) >= 11 is 0. The number of benzene rings is 1. The molecular weight excluding hydrogens is 461 g/mol. The summed E-state index contributed by atoms with van der Waals surface area (Å²) < 4.78 is 68.1. The van der Waals surface area contributed by atoms with Gasteiger partial charge < -0.3 is 4.90 Å². The molecule has 35 heavy (non-hydrogen) atoms. The van der Waals surface area contributed by atoms with Crippen molar-refractivity contribution in [3.8, 4) is 0 Å². The molecule has 0 spiro atoms. The summed E-state index contributed by atoms with van der Waals surface area (Å²) in [5.41, 5.74) is 1.52. The van der Waals surface area contributed by atoms with E-state index in [0.29, 0.717) is 35.9 Å². The van der Waals surface area contributed by atoms with E-state index in [-0.39, 0.29) is 17.8 Å². The van der Waals surface area contributed by atoms with E-state index >= 15 is 0 Å². The molecule has 1 aliphatic carbocycles. The van der Waals surface area contributed by atoms with Gasteiger partial charge in [0, 0.05) is 44.0 Å². The standard InChI is InChI=1S/C27H36F5N3/c1-16-9-10-20(12-17(2)27(30,31)32)22(11-16)18(3)35-14-21-13-26(21,15-35)23(33-8)34-19(4)24(5,6)25(7,28)29/h9-11,17,21H,3,12-15H2,1-2,4-8H3. The fourth-order valence-corrected chi connectivity index (χ4v) is 4.79. The number of aliphatic imine (C=N–C) groups is 2. The monoisotopic (exact) mass is 497 g/mol. The van der Waals surface area contributed by atoms with Crippen LogP contribution in [0.3, 0.4) is 0 Å². The molecule has 0 N–H and O–H groups in total. The van der Waals surface area contributed by atoms with Gasteiger partial charge in [0.1, 0.15) is 5.84 Å². The van der Waals surface area contributed by atoms with Gasteiger partial charge in [-0.3, -0.25) is 4.99 Å². The number of piperidine rings is 1. The molecule has 1 aliphatic heterocycles. The Morgan fingerprint density at radius 3 is 2.37 bits per heavy atom. The maximum atomic E-state index is 14.2. The first-order valence-electron chi connectivity index (χ1n) is 12.0. The predicted molar refractivity (Wildman–Crippen MR) is 132 cm³/mol. The molecule has 1 heterocycles. The van der Waals surface area contributed by atoms with E-state index in [2.05, 4.69) is 21.5 Å². The molecule has 3 atom stereocenters. The predicted octanol–water partition coefficient (Wildman–Crippen LogP) is 7.20. The number of amidine groups is 1. The fraction of sp³-hybridized carbons (Fsp3) is 0.630. The van der Waals surface area contributed by atoms with Crippen molar-refractivity contribution < 1.29 is 22.0 Å². The Labute approximate surface area is 205 Å². The summed E-state index contributed by atoms with van der Waals surface area (Å²) in [5.74, 6) is -3.60. The molecule has 8 heteroatoms. The van der Waals surface area contributed by atoms with Crippen LogP contribution in [0.25, 0.3) is 5.70 Å². The summed E-state index contributed by atoms with van der Waals surface area (Å²) in [4.78, 5) is 11.1. The SMILES string of the molecule is C=C(c1cc(C)ccc1CC(C)C(F)(F)F)N1CC2CC2(C(=NC)N=C(C)C(C)(C)C(C)(F)F)C1. The Bertz CT molecular complexity index is 1050. The molecule has 0 radical (unpaired) electrons. The maximum absolute atomic E-state index is 14.2. The largest absolute Gasteiger partial charge is 0.391 e. The minimum atomic E-state index is -4.27. The van der Waals surface area contributed by atoms with Crippen molar-refractivity contribution in [1.82, 2.24) is 4.90 Å². The average Bonchev–Trinajstić information content (AvgIpc) is 3.31. The highest BCUT2D eigenvalue weighted by Crippen LogP contribution is 2.60. The Balaban J connectivity index is 1.85. The quantitative estimate of drug-likeness (QED) is 0.222. The molecule has 0 amide bonds. The van der Waals surface area contributed by atoms with Gasteiger partial charge in [0.25, 0.3) is 5.92 Å². The Morgan fingerprint density at radius 1 is 1.20 bits per heavy atom. The Morgan fingerprint density at radius 2 is 1.83 bits per heavy atom. The first kappa shape index (κ1) is 27.3. The second kappa shape index (κ2) is 9.00. The normalized spacial score (nSPS) is 24.5. The molecule has 0 aromatic heterocycles. The van der Waals surface area contributed by atoms with Crippen LogP contribution in [-0.4, -0.2) is 48.7 Å².